The molecule has 1 aromatic carbocycles. The topological polar surface area (TPSA) is 37.8 Å². The van der Waals surface area contributed by atoms with E-state index in [0.29, 0.717) is 5.56 Å². The highest BCUT2D eigenvalue weighted by Crippen LogP contribution is 2.33. The van der Waals surface area contributed by atoms with E-state index in [-0.39, 0.29) is 5.56 Å². The van der Waals surface area contributed by atoms with Crippen LogP contribution in [0.5, 0.6) is 0 Å². The van der Waals surface area contributed by atoms with Crippen molar-refractivity contribution in [3.63, 3.8) is 0 Å². The molecule has 0 saturated heterocycles. The average Bonchev–Trinajstić information content (AvgIpc) is 2.66. The van der Waals surface area contributed by atoms with Gasteiger partial charge in [-0.2, -0.15) is 0 Å². The molecule has 1 N–H and O–H groups in total. The van der Waals surface area contributed by atoms with Crippen LogP contribution in [0.2, 0.25) is 0 Å². The number of nitrogens with one attached hydrogen (secondary N) is 1. The van der Waals surface area contributed by atoms with Crippen molar-refractivity contribution in [3.05, 3.63) is 58.5 Å². The van der Waals surface area contributed by atoms with E-state index < -0.39 is 4.46 Å². The molecule has 0 unspecified atom stereocenters. The summed E-state index contributed by atoms with van der Waals surface area (Å²) < 4.78 is -0.243. The van der Waals surface area contributed by atoms with E-state index in [0.717, 1.165) is 4.68 Å². The SMILES string of the molecule is O=c1cc[nH]n1C(Cl)(Cl)c1ccccc1. The molecule has 3 nitrogen and oxygen atoms in total. The number of hydrogen-bond acceptors (Lipinski definition) is 1. The van der Waals surface area contributed by atoms with E-state index in [1.54, 1.807) is 12.1 Å². The Kier molecular flexibility index (Phi) is 2.59. The van der Waals surface area contributed by atoms with E-state index in [9.17, 15) is 4.79 Å². The lowest BCUT2D eigenvalue weighted by molar-refractivity contribution is 0.587. The van der Waals surface area contributed by atoms with Gasteiger partial charge in [0, 0.05) is 17.8 Å². The summed E-state index contributed by atoms with van der Waals surface area (Å²) >= 11 is 12.3. The highest BCUT2D eigenvalue weighted by molar-refractivity contribution is 6.47. The first-order chi connectivity index (χ1) is 7.12. The third-order valence-electron chi connectivity index (χ3n) is 2.05. The van der Waals surface area contributed by atoms with Crippen LogP contribution < -0.4 is 5.56 Å². The third-order valence-corrected chi connectivity index (χ3v) is 2.83. The van der Waals surface area contributed by atoms with Crippen molar-refractivity contribution in [1.29, 1.82) is 0 Å². The zero-order valence-electron chi connectivity index (χ0n) is 7.65. The van der Waals surface area contributed by atoms with Crippen LogP contribution in [-0.2, 0) is 4.46 Å². The molecule has 2 aromatic rings. The predicted octanol–water partition coefficient (Wildman–Crippen LogP) is 2.31. The van der Waals surface area contributed by atoms with Gasteiger partial charge in [-0.15, -0.1) is 0 Å². The molecule has 78 valence electrons. The van der Waals surface area contributed by atoms with Gasteiger partial charge in [0.25, 0.3) is 5.56 Å². The van der Waals surface area contributed by atoms with Crippen LogP contribution in [-0.4, -0.2) is 9.78 Å². The fourth-order valence-corrected chi connectivity index (χ4v) is 1.82. The molecule has 1 aromatic heterocycles. The fourth-order valence-electron chi connectivity index (χ4n) is 1.31. The molecular formula is C10H8Cl2N2O. The molecule has 0 atom stereocenters. The van der Waals surface area contributed by atoms with Gasteiger partial charge in [0.05, 0.1) is 0 Å². The predicted molar refractivity (Wildman–Crippen MR) is 60.3 cm³/mol. The zero-order chi connectivity index (χ0) is 10.9. The number of halogens is 2. The fraction of sp³-hybridized carbons (Fsp3) is 0.100. The van der Waals surface area contributed by atoms with Crippen molar-refractivity contribution in [1.82, 2.24) is 9.78 Å². The highest BCUT2D eigenvalue weighted by atomic mass is 35.5. The summed E-state index contributed by atoms with van der Waals surface area (Å²) in [4.78, 5) is 11.4. The summed E-state index contributed by atoms with van der Waals surface area (Å²) in [5.41, 5.74) is 0.363. The Morgan fingerprint density at radius 3 is 2.33 bits per heavy atom. The average molecular weight is 243 g/mol. The molecule has 0 amide bonds. The molecule has 0 aliphatic carbocycles. The Balaban J connectivity index is 2.53. The third kappa shape index (κ3) is 1.80. The Morgan fingerprint density at radius 2 is 1.80 bits per heavy atom. The maximum absolute atomic E-state index is 11.4. The molecule has 1 heterocycles. The van der Waals surface area contributed by atoms with Crippen molar-refractivity contribution in [2.24, 2.45) is 0 Å². The molecule has 0 aliphatic rings. The molecule has 0 spiro atoms. The van der Waals surface area contributed by atoms with Crippen LogP contribution in [0.15, 0.2) is 47.4 Å². The van der Waals surface area contributed by atoms with E-state index in [1.165, 1.54) is 12.3 Å². The van der Waals surface area contributed by atoms with Crippen molar-refractivity contribution in [2.45, 2.75) is 4.46 Å². The molecular weight excluding hydrogens is 235 g/mol. The maximum atomic E-state index is 11.4. The summed E-state index contributed by atoms with van der Waals surface area (Å²) in [6.07, 6.45) is 1.49. The molecule has 0 aliphatic heterocycles. The number of H-pyrrole nitrogens is 1. The molecule has 0 radical (unpaired) electrons. The van der Waals surface area contributed by atoms with E-state index in [4.69, 9.17) is 23.2 Å². The zero-order valence-corrected chi connectivity index (χ0v) is 9.16. The highest BCUT2D eigenvalue weighted by Gasteiger charge is 2.30. The normalized spacial score (nSPS) is 11.6. The van der Waals surface area contributed by atoms with Gasteiger partial charge in [0.1, 0.15) is 0 Å². The second-order valence-electron chi connectivity index (χ2n) is 3.04. The molecule has 5 heteroatoms. The summed E-state index contributed by atoms with van der Waals surface area (Å²) in [5, 5.41) is 2.68. The smallest absolute Gasteiger partial charge is 0.269 e. The Labute approximate surface area is 96.2 Å². The minimum Gasteiger partial charge on any atom is -0.300 e. The lowest BCUT2D eigenvalue weighted by atomic mass is 10.2. The van der Waals surface area contributed by atoms with Crippen molar-refractivity contribution >= 4 is 23.2 Å². The van der Waals surface area contributed by atoms with Gasteiger partial charge in [-0.05, 0) is 0 Å². The largest absolute Gasteiger partial charge is 0.300 e. The number of rotatable bonds is 2. The first-order valence-electron chi connectivity index (χ1n) is 4.32. The summed E-state index contributed by atoms with van der Waals surface area (Å²) in [5.74, 6) is 0. The van der Waals surface area contributed by atoms with Crippen molar-refractivity contribution in [3.8, 4) is 0 Å². The molecule has 15 heavy (non-hydrogen) atoms. The van der Waals surface area contributed by atoms with Gasteiger partial charge in [0.2, 0.25) is 4.46 Å². The number of aromatic amines is 1. The van der Waals surface area contributed by atoms with E-state index >= 15 is 0 Å². The van der Waals surface area contributed by atoms with Crippen LogP contribution in [0.3, 0.4) is 0 Å². The lowest BCUT2D eigenvalue weighted by Gasteiger charge is -2.20. The van der Waals surface area contributed by atoms with Crippen LogP contribution >= 0.6 is 23.2 Å². The van der Waals surface area contributed by atoms with E-state index in [1.807, 2.05) is 18.2 Å². The minimum atomic E-state index is -1.40. The monoisotopic (exact) mass is 242 g/mol. The number of alkyl halides is 2. The van der Waals surface area contributed by atoms with Crippen LogP contribution in [0.4, 0.5) is 0 Å². The molecule has 0 saturated carbocycles. The van der Waals surface area contributed by atoms with Crippen molar-refractivity contribution < 1.29 is 0 Å². The van der Waals surface area contributed by atoms with E-state index in [2.05, 4.69) is 5.10 Å². The standard InChI is InChI=1S/C10H8Cl2N2O/c11-10(12,8-4-2-1-3-5-8)14-9(15)6-7-13-14/h1-7,13H. The van der Waals surface area contributed by atoms with Gasteiger partial charge in [-0.3, -0.25) is 9.89 Å². The second kappa shape index (κ2) is 3.76. The maximum Gasteiger partial charge on any atom is 0.269 e. The second-order valence-corrected chi connectivity index (χ2v) is 4.33. The molecule has 2 rings (SSSR count). The van der Waals surface area contributed by atoms with Gasteiger partial charge in [-0.25, -0.2) is 4.68 Å². The Morgan fingerprint density at radius 1 is 1.13 bits per heavy atom. The number of nitrogens with zero attached hydrogens (tertiary/aromatic N) is 1. The van der Waals surface area contributed by atoms with Crippen LogP contribution in [0.25, 0.3) is 0 Å². The van der Waals surface area contributed by atoms with Gasteiger partial charge < -0.3 is 0 Å². The first kappa shape index (κ1) is 10.3. The Hall–Kier alpha value is -1.19. The number of aromatic nitrogens is 2. The summed E-state index contributed by atoms with van der Waals surface area (Å²) in [7, 11) is 0. The quantitative estimate of drug-likeness (QED) is 0.807. The molecule has 0 fully saturated rings. The number of benzene rings is 1. The minimum absolute atomic E-state index is 0.274. The van der Waals surface area contributed by atoms with Gasteiger partial charge >= 0.3 is 0 Å². The van der Waals surface area contributed by atoms with Crippen LogP contribution in [0, 0.1) is 0 Å². The lowest BCUT2D eigenvalue weighted by Crippen LogP contribution is -2.31. The van der Waals surface area contributed by atoms with Crippen LogP contribution in [0.1, 0.15) is 5.56 Å². The first-order valence-corrected chi connectivity index (χ1v) is 5.08. The molecule has 0 bridgehead atoms. The summed E-state index contributed by atoms with van der Waals surface area (Å²) in [6, 6.07) is 10.3. The number of hydrogen-bond donors (Lipinski definition) is 1. The van der Waals surface area contributed by atoms with Crippen molar-refractivity contribution in [2.75, 3.05) is 0 Å². The summed E-state index contributed by atoms with van der Waals surface area (Å²) in [6.45, 7) is 0. The van der Waals surface area contributed by atoms with Gasteiger partial charge in [0.15, 0.2) is 0 Å². The van der Waals surface area contributed by atoms with Gasteiger partial charge in [-0.1, -0.05) is 53.5 Å². The Bertz CT molecular complexity index is 501.